The number of thioether (sulfide) groups is 1. The van der Waals surface area contributed by atoms with Gasteiger partial charge in [0.25, 0.3) is 0 Å². The van der Waals surface area contributed by atoms with Gasteiger partial charge in [0, 0.05) is 17.8 Å². The fourth-order valence-corrected chi connectivity index (χ4v) is 4.49. The number of aliphatic carboxylic acids is 1. The number of aromatic nitrogens is 2. The SMILES string of the molecule is CCc1ccc(-n2ccnc2SC(C)(C)C(=O)NC(C(=O)O)C(C)C)c2ccccc12. The number of hydrogen-bond donors (Lipinski definition) is 2. The highest BCUT2D eigenvalue weighted by Gasteiger charge is 2.35. The number of imidazole rings is 1. The molecule has 0 fully saturated rings. The fraction of sp³-hybridized carbons (Fsp3) is 0.375. The molecule has 0 spiro atoms. The van der Waals surface area contributed by atoms with Crippen molar-refractivity contribution in [2.24, 2.45) is 5.92 Å². The molecular formula is C24H29N3O3S. The zero-order valence-corrected chi connectivity index (χ0v) is 19.4. The number of nitrogens with zero attached hydrogens (tertiary/aromatic N) is 2. The molecule has 164 valence electrons. The predicted molar refractivity (Wildman–Crippen MR) is 125 cm³/mol. The van der Waals surface area contributed by atoms with E-state index in [9.17, 15) is 14.7 Å². The van der Waals surface area contributed by atoms with Crippen LogP contribution in [0.4, 0.5) is 0 Å². The zero-order valence-electron chi connectivity index (χ0n) is 18.5. The molecule has 0 aliphatic heterocycles. The van der Waals surface area contributed by atoms with E-state index in [1.807, 2.05) is 22.9 Å². The highest BCUT2D eigenvalue weighted by atomic mass is 32.2. The number of carboxylic acids is 1. The lowest BCUT2D eigenvalue weighted by Crippen LogP contribution is -2.50. The van der Waals surface area contributed by atoms with Crippen LogP contribution in [0, 0.1) is 5.92 Å². The molecule has 1 aromatic heterocycles. The first-order chi connectivity index (χ1) is 14.7. The smallest absolute Gasteiger partial charge is 0.326 e. The summed E-state index contributed by atoms with van der Waals surface area (Å²) in [6.45, 7) is 9.25. The third-order valence-electron chi connectivity index (χ3n) is 5.35. The first-order valence-electron chi connectivity index (χ1n) is 10.4. The summed E-state index contributed by atoms with van der Waals surface area (Å²) in [5.41, 5.74) is 2.27. The van der Waals surface area contributed by atoms with Crippen LogP contribution in [0.1, 0.15) is 40.2 Å². The van der Waals surface area contributed by atoms with Crippen molar-refractivity contribution < 1.29 is 14.7 Å². The highest BCUT2D eigenvalue weighted by Crippen LogP contribution is 2.35. The molecule has 1 heterocycles. The van der Waals surface area contributed by atoms with Gasteiger partial charge in [0.15, 0.2) is 5.16 Å². The number of carbonyl (C=O) groups is 2. The molecule has 0 aliphatic rings. The molecule has 0 saturated carbocycles. The minimum absolute atomic E-state index is 0.215. The van der Waals surface area contributed by atoms with Crippen LogP contribution in [-0.4, -0.2) is 37.3 Å². The van der Waals surface area contributed by atoms with E-state index < -0.39 is 16.8 Å². The highest BCUT2D eigenvalue weighted by molar-refractivity contribution is 8.01. The van der Waals surface area contributed by atoms with Crippen molar-refractivity contribution in [2.75, 3.05) is 0 Å². The Kier molecular flexibility index (Phi) is 6.74. The van der Waals surface area contributed by atoms with Crippen LogP contribution >= 0.6 is 11.8 Å². The summed E-state index contributed by atoms with van der Waals surface area (Å²) in [5.74, 6) is -1.58. The van der Waals surface area contributed by atoms with E-state index in [-0.39, 0.29) is 11.8 Å². The normalized spacial score (nSPS) is 12.8. The monoisotopic (exact) mass is 439 g/mol. The van der Waals surface area contributed by atoms with Crippen LogP contribution < -0.4 is 5.32 Å². The molecule has 2 N–H and O–H groups in total. The third kappa shape index (κ3) is 4.77. The van der Waals surface area contributed by atoms with Gasteiger partial charge in [-0.2, -0.15) is 0 Å². The summed E-state index contributed by atoms with van der Waals surface area (Å²) < 4.78 is 1.07. The van der Waals surface area contributed by atoms with Crippen molar-refractivity contribution in [2.45, 2.75) is 57.0 Å². The Hall–Kier alpha value is -2.80. The molecule has 7 heteroatoms. The van der Waals surface area contributed by atoms with E-state index in [1.165, 1.54) is 22.7 Å². The van der Waals surface area contributed by atoms with Gasteiger partial charge in [-0.3, -0.25) is 9.36 Å². The third-order valence-corrected chi connectivity index (χ3v) is 6.53. The van der Waals surface area contributed by atoms with Gasteiger partial charge in [-0.1, -0.05) is 62.9 Å². The number of carbonyl (C=O) groups excluding carboxylic acids is 1. The number of amides is 1. The fourth-order valence-electron chi connectivity index (χ4n) is 3.52. The standard InChI is InChI=1S/C24H29N3O3S/c1-6-16-11-12-19(18-10-8-7-9-17(16)18)27-14-13-25-23(27)31-24(4,5)22(30)26-20(15(2)3)21(28)29/h7-15,20H,6H2,1-5H3,(H,26,30)(H,28,29). The lowest BCUT2D eigenvalue weighted by molar-refractivity contribution is -0.143. The van der Waals surface area contributed by atoms with E-state index in [4.69, 9.17) is 0 Å². The van der Waals surface area contributed by atoms with E-state index >= 15 is 0 Å². The first-order valence-corrected chi connectivity index (χ1v) is 11.2. The largest absolute Gasteiger partial charge is 0.480 e. The van der Waals surface area contributed by atoms with Crippen LogP contribution in [-0.2, 0) is 16.0 Å². The van der Waals surface area contributed by atoms with Gasteiger partial charge in [0.1, 0.15) is 6.04 Å². The maximum Gasteiger partial charge on any atom is 0.326 e. The van der Waals surface area contributed by atoms with Crippen molar-refractivity contribution in [1.29, 1.82) is 0 Å². The molecular weight excluding hydrogens is 410 g/mol. The van der Waals surface area contributed by atoms with E-state index in [0.717, 1.165) is 17.5 Å². The average Bonchev–Trinajstić information content (AvgIpc) is 3.17. The number of hydrogen-bond acceptors (Lipinski definition) is 4. The Morgan fingerprint density at radius 1 is 1.16 bits per heavy atom. The van der Waals surface area contributed by atoms with Gasteiger partial charge in [-0.05, 0) is 43.2 Å². The number of nitrogens with one attached hydrogen (secondary N) is 1. The lowest BCUT2D eigenvalue weighted by Gasteiger charge is -2.26. The molecule has 3 aromatic rings. The van der Waals surface area contributed by atoms with Gasteiger partial charge in [0.05, 0.1) is 10.4 Å². The second kappa shape index (κ2) is 9.14. The van der Waals surface area contributed by atoms with Crippen LogP contribution in [0.2, 0.25) is 0 Å². The Balaban J connectivity index is 1.93. The summed E-state index contributed by atoms with van der Waals surface area (Å²) in [4.78, 5) is 28.9. The predicted octanol–water partition coefficient (Wildman–Crippen LogP) is 4.68. The van der Waals surface area contributed by atoms with Crippen molar-refractivity contribution >= 4 is 34.4 Å². The second-order valence-electron chi connectivity index (χ2n) is 8.37. The van der Waals surface area contributed by atoms with Gasteiger partial charge in [0.2, 0.25) is 5.91 Å². The molecule has 1 amide bonds. The number of rotatable bonds is 8. The molecule has 3 rings (SSSR count). The molecule has 0 aliphatic carbocycles. The Morgan fingerprint density at radius 2 is 1.84 bits per heavy atom. The van der Waals surface area contributed by atoms with Crippen LogP contribution in [0.3, 0.4) is 0 Å². The maximum absolute atomic E-state index is 12.9. The molecule has 0 radical (unpaired) electrons. The number of carboxylic acid groups (broad SMARTS) is 1. The van der Waals surface area contributed by atoms with E-state index in [0.29, 0.717) is 5.16 Å². The molecule has 6 nitrogen and oxygen atoms in total. The Labute approximate surface area is 187 Å². The maximum atomic E-state index is 12.9. The summed E-state index contributed by atoms with van der Waals surface area (Å²) in [6, 6.07) is 11.5. The van der Waals surface area contributed by atoms with Crippen molar-refractivity contribution in [3.05, 3.63) is 54.4 Å². The summed E-state index contributed by atoms with van der Waals surface area (Å²) in [6.07, 6.45) is 4.55. The Morgan fingerprint density at radius 3 is 2.45 bits per heavy atom. The van der Waals surface area contributed by atoms with Gasteiger partial charge in [-0.15, -0.1) is 0 Å². The van der Waals surface area contributed by atoms with Crippen LogP contribution in [0.15, 0.2) is 53.9 Å². The summed E-state index contributed by atoms with van der Waals surface area (Å²) >= 11 is 1.31. The quantitative estimate of drug-likeness (QED) is 0.498. The van der Waals surface area contributed by atoms with Gasteiger partial charge >= 0.3 is 5.97 Å². The van der Waals surface area contributed by atoms with Crippen molar-refractivity contribution in [1.82, 2.24) is 14.9 Å². The number of aryl methyl sites for hydroxylation is 1. The van der Waals surface area contributed by atoms with Gasteiger partial charge < -0.3 is 10.4 Å². The van der Waals surface area contributed by atoms with E-state index in [1.54, 1.807) is 33.9 Å². The molecule has 1 unspecified atom stereocenters. The topological polar surface area (TPSA) is 84.2 Å². The van der Waals surface area contributed by atoms with Crippen molar-refractivity contribution in [3.63, 3.8) is 0 Å². The first kappa shape index (κ1) is 22.9. The van der Waals surface area contributed by atoms with Crippen molar-refractivity contribution in [3.8, 4) is 5.69 Å². The van der Waals surface area contributed by atoms with Crippen LogP contribution in [0.5, 0.6) is 0 Å². The molecule has 0 bridgehead atoms. The number of benzene rings is 2. The minimum atomic E-state index is -1.03. The average molecular weight is 440 g/mol. The second-order valence-corrected chi connectivity index (χ2v) is 9.96. The van der Waals surface area contributed by atoms with Crippen LogP contribution in [0.25, 0.3) is 16.5 Å². The summed E-state index contributed by atoms with van der Waals surface area (Å²) in [7, 11) is 0. The Bertz CT molecular complexity index is 1100. The molecule has 0 saturated heterocycles. The molecule has 31 heavy (non-hydrogen) atoms. The number of fused-ring (bicyclic) bond motifs is 1. The van der Waals surface area contributed by atoms with E-state index in [2.05, 4.69) is 41.5 Å². The minimum Gasteiger partial charge on any atom is -0.480 e. The lowest BCUT2D eigenvalue weighted by atomic mass is 10.0. The summed E-state index contributed by atoms with van der Waals surface area (Å²) in [5, 5.41) is 15.1. The molecule has 2 aromatic carbocycles. The molecule has 1 atom stereocenters. The zero-order chi connectivity index (χ0) is 22.8. The van der Waals surface area contributed by atoms with Gasteiger partial charge in [-0.25, -0.2) is 9.78 Å².